The molecule has 5 aromatic rings. The van der Waals surface area contributed by atoms with Gasteiger partial charge in [0.1, 0.15) is 5.70 Å². The summed E-state index contributed by atoms with van der Waals surface area (Å²) >= 11 is 6.20. The van der Waals surface area contributed by atoms with E-state index >= 15 is 0 Å². The average molecular weight is 698 g/mol. The van der Waals surface area contributed by atoms with Crippen LogP contribution < -0.4 is 16.0 Å². The highest BCUT2D eigenvalue weighted by molar-refractivity contribution is 9.10. The maximum Gasteiger partial charge on any atom is 0.272 e. The van der Waals surface area contributed by atoms with E-state index < -0.39 is 11.8 Å². The average Bonchev–Trinajstić information content (AvgIpc) is 3.51. The van der Waals surface area contributed by atoms with E-state index in [0.717, 1.165) is 26.2 Å². The standard InChI is InChI=1S/C35H29BrN4O3S2/c1-22-8-12-25(13-9-22)31-21-44-35(39-31)40-32(41)23(2)45-29-18-16-28(17-19-29)37-34(43)30(20-24-10-14-27(36)15-11-24)38-33(42)26-6-4-3-5-7-26/h3-21,23H,1-2H3,(H,37,43)(H,38,42)(H,39,40,41)/b30-20-. The minimum atomic E-state index is -0.469. The fraction of sp³-hybridized carbons (Fsp3) is 0.0857. The van der Waals surface area contributed by atoms with Crippen LogP contribution in [0, 0.1) is 6.92 Å². The molecule has 1 heterocycles. The van der Waals surface area contributed by atoms with Gasteiger partial charge in [0.15, 0.2) is 5.13 Å². The molecule has 0 radical (unpaired) electrons. The smallest absolute Gasteiger partial charge is 0.272 e. The van der Waals surface area contributed by atoms with Crippen molar-refractivity contribution < 1.29 is 14.4 Å². The summed E-state index contributed by atoms with van der Waals surface area (Å²) in [6.45, 7) is 3.87. The Morgan fingerprint density at radius 3 is 2.24 bits per heavy atom. The molecule has 0 bridgehead atoms. The Labute approximate surface area is 278 Å². The number of thioether (sulfide) groups is 1. The third-order valence-electron chi connectivity index (χ3n) is 6.59. The van der Waals surface area contributed by atoms with Crippen LogP contribution in [0.2, 0.25) is 0 Å². The summed E-state index contributed by atoms with van der Waals surface area (Å²) in [6, 6.07) is 31.4. The van der Waals surface area contributed by atoms with E-state index in [1.165, 1.54) is 28.7 Å². The summed E-state index contributed by atoms with van der Waals surface area (Å²) in [7, 11) is 0. The molecule has 3 N–H and O–H groups in total. The highest BCUT2D eigenvalue weighted by atomic mass is 79.9. The molecule has 0 saturated carbocycles. The van der Waals surface area contributed by atoms with Gasteiger partial charge in [-0.05, 0) is 74.0 Å². The van der Waals surface area contributed by atoms with Gasteiger partial charge in [0, 0.05) is 31.6 Å². The monoisotopic (exact) mass is 696 g/mol. The fourth-order valence-electron chi connectivity index (χ4n) is 4.14. The number of hydrogen-bond acceptors (Lipinski definition) is 6. The normalized spacial score (nSPS) is 11.8. The summed E-state index contributed by atoms with van der Waals surface area (Å²) < 4.78 is 0.902. The molecule has 0 saturated heterocycles. The first-order chi connectivity index (χ1) is 21.7. The molecule has 0 aliphatic heterocycles. The van der Waals surface area contributed by atoms with Crippen LogP contribution in [0.15, 0.2) is 124 Å². The number of aromatic nitrogens is 1. The number of nitrogens with zero attached hydrogens (tertiary/aromatic N) is 1. The Hall–Kier alpha value is -4.51. The van der Waals surface area contributed by atoms with Gasteiger partial charge in [-0.2, -0.15) is 0 Å². The van der Waals surface area contributed by atoms with Crippen molar-refractivity contribution in [2.24, 2.45) is 0 Å². The molecule has 0 fully saturated rings. The summed E-state index contributed by atoms with van der Waals surface area (Å²) in [4.78, 5) is 44.5. The van der Waals surface area contributed by atoms with Gasteiger partial charge in [0.25, 0.3) is 11.8 Å². The van der Waals surface area contributed by atoms with Gasteiger partial charge in [-0.15, -0.1) is 23.1 Å². The lowest BCUT2D eigenvalue weighted by Gasteiger charge is -2.13. The predicted octanol–water partition coefficient (Wildman–Crippen LogP) is 8.41. The SMILES string of the molecule is Cc1ccc(-c2csc(NC(=O)C(C)Sc3ccc(NC(=O)/C(=C/c4ccc(Br)cc4)NC(=O)c4ccccc4)cc3)n2)cc1. The van der Waals surface area contributed by atoms with Gasteiger partial charge in [-0.1, -0.05) is 76.1 Å². The molecular formula is C35H29BrN4O3S2. The van der Waals surface area contributed by atoms with Gasteiger partial charge in [-0.3, -0.25) is 14.4 Å². The van der Waals surface area contributed by atoms with Crippen LogP contribution in [-0.2, 0) is 9.59 Å². The Morgan fingerprint density at radius 1 is 0.867 bits per heavy atom. The van der Waals surface area contributed by atoms with Gasteiger partial charge < -0.3 is 16.0 Å². The number of amides is 3. The van der Waals surface area contributed by atoms with Crippen molar-refractivity contribution in [1.29, 1.82) is 0 Å². The van der Waals surface area contributed by atoms with Crippen LogP contribution in [0.25, 0.3) is 17.3 Å². The van der Waals surface area contributed by atoms with Crippen molar-refractivity contribution in [1.82, 2.24) is 10.3 Å². The van der Waals surface area contributed by atoms with E-state index in [1.807, 2.05) is 86.0 Å². The molecule has 10 heteroatoms. The van der Waals surface area contributed by atoms with Gasteiger partial charge >= 0.3 is 0 Å². The highest BCUT2D eigenvalue weighted by Gasteiger charge is 2.18. The number of thiazole rings is 1. The molecule has 5 rings (SSSR count). The first-order valence-electron chi connectivity index (χ1n) is 14.0. The zero-order valence-corrected chi connectivity index (χ0v) is 27.6. The molecule has 1 aromatic heterocycles. The van der Waals surface area contributed by atoms with Gasteiger partial charge in [0.2, 0.25) is 5.91 Å². The van der Waals surface area contributed by atoms with Crippen LogP contribution in [-0.4, -0.2) is 28.0 Å². The van der Waals surface area contributed by atoms with E-state index in [-0.39, 0.29) is 16.9 Å². The zero-order valence-electron chi connectivity index (χ0n) is 24.4. The first kappa shape index (κ1) is 31.9. The Bertz CT molecular complexity index is 1820. The molecule has 0 spiro atoms. The van der Waals surface area contributed by atoms with Gasteiger partial charge in [0.05, 0.1) is 10.9 Å². The molecule has 4 aromatic carbocycles. The van der Waals surface area contributed by atoms with Crippen molar-refractivity contribution in [2.75, 3.05) is 10.6 Å². The molecular weight excluding hydrogens is 668 g/mol. The molecule has 7 nitrogen and oxygen atoms in total. The predicted molar refractivity (Wildman–Crippen MR) is 187 cm³/mol. The second-order valence-electron chi connectivity index (χ2n) is 10.1. The molecule has 226 valence electrons. The van der Waals surface area contributed by atoms with Gasteiger partial charge in [-0.25, -0.2) is 4.98 Å². The number of carbonyl (C=O) groups is 3. The van der Waals surface area contributed by atoms with E-state index in [9.17, 15) is 14.4 Å². The van der Waals surface area contributed by atoms with Crippen molar-refractivity contribution >= 4 is 73.6 Å². The second kappa shape index (κ2) is 15.0. The topological polar surface area (TPSA) is 100 Å². The van der Waals surface area contributed by atoms with E-state index in [4.69, 9.17) is 0 Å². The lowest BCUT2D eigenvalue weighted by atomic mass is 10.1. The van der Waals surface area contributed by atoms with Crippen LogP contribution in [0.5, 0.6) is 0 Å². The fourth-order valence-corrected chi connectivity index (χ4v) is 5.99. The minimum absolute atomic E-state index is 0.0997. The molecule has 3 amide bonds. The van der Waals surface area contributed by atoms with Crippen LogP contribution in [0.1, 0.15) is 28.4 Å². The molecule has 0 aliphatic rings. The van der Waals surface area contributed by atoms with E-state index in [2.05, 4.69) is 36.9 Å². The third kappa shape index (κ3) is 9.01. The van der Waals surface area contributed by atoms with Crippen molar-refractivity contribution in [3.63, 3.8) is 0 Å². The molecule has 1 atom stereocenters. The highest BCUT2D eigenvalue weighted by Crippen LogP contribution is 2.28. The summed E-state index contributed by atoms with van der Waals surface area (Å²) in [5.74, 6) is -1.01. The van der Waals surface area contributed by atoms with Crippen LogP contribution >= 0.6 is 39.0 Å². The lowest BCUT2D eigenvalue weighted by Crippen LogP contribution is -2.30. The number of rotatable bonds is 10. The van der Waals surface area contributed by atoms with Crippen molar-refractivity contribution in [3.8, 4) is 11.3 Å². The van der Waals surface area contributed by atoms with Crippen molar-refractivity contribution in [2.45, 2.75) is 24.0 Å². The maximum atomic E-state index is 13.3. The number of carbonyl (C=O) groups excluding carboxylic acids is 3. The number of hydrogen-bond donors (Lipinski definition) is 3. The zero-order chi connectivity index (χ0) is 31.8. The Kier molecular flexibility index (Phi) is 10.6. The quantitative estimate of drug-likeness (QED) is 0.101. The first-order valence-corrected chi connectivity index (χ1v) is 16.5. The number of benzene rings is 4. The van der Waals surface area contributed by atoms with Crippen LogP contribution in [0.4, 0.5) is 10.8 Å². The third-order valence-corrected chi connectivity index (χ3v) is 8.98. The minimum Gasteiger partial charge on any atom is -0.321 e. The Morgan fingerprint density at radius 2 is 1.56 bits per heavy atom. The number of nitrogens with one attached hydrogen (secondary N) is 3. The number of aryl methyl sites for hydroxylation is 1. The summed E-state index contributed by atoms with van der Waals surface area (Å²) in [5, 5.41) is 10.6. The lowest BCUT2D eigenvalue weighted by molar-refractivity contribution is -0.115. The molecule has 45 heavy (non-hydrogen) atoms. The maximum absolute atomic E-state index is 13.3. The molecule has 1 unspecified atom stereocenters. The van der Waals surface area contributed by atoms with Crippen LogP contribution in [0.3, 0.4) is 0 Å². The number of anilines is 2. The van der Waals surface area contributed by atoms with E-state index in [0.29, 0.717) is 16.4 Å². The second-order valence-corrected chi connectivity index (χ2v) is 13.2. The molecule has 0 aliphatic carbocycles. The van der Waals surface area contributed by atoms with Crippen molar-refractivity contribution in [3.05, 3.63) is 135 Å². The van der Waals surface area contributed by atoms with E-state index in [1.54, 1.807) is 42.5 Å². The summed E-state index contributed by atoms with van der Waals surface area (Å²) in [6.07, 6.45) is 1.62. The largest absolute Gasteiger partial charge is 0.321 e. The number of halogens is 1. The summed E-state index contributed by atoms with van der Waals surface area (Å²) in [5.41, 5.74) is 4.83. The Balaban J connectivity index is 1.20.